The molecule has 0 saturated heterocycles. The maximum Gasteiger partial charge on any atom is 0.337 e. The lowest BCUT2D eigenvalue weighted by atomic mass is 10.1. The number of carbonyl (C=O) groups excluding carboxylic acids is 1. The van der Waals surface area contributed by atoms with Gasteiger partial charge in [0.25, 0.3) is 5.69 Å². The van der Waals surface area contributed by atoms with E-state index in [1.54, 1.807) is 24.3 Å². The van der Waals surface area contributed by atoms with Crippen molar-refractivity contribution in [1.82, 2.24) is 4.57 Å². The summed E-state index contributed by atoms with van der Waals surface area (Å²) in [4.78, 5) is 34.0. The monoisotopic (exact) mass is 324 g/mol. The number of aromatic nitrogens is 1. The molecular formula is C17H12N2O5. The van der Waals surface area contributed by atoms with E-state index in [1.165, 1.54) is 35.0 Å². The molecule has 3 aromatic rings. The van der Waals surface area contributed by atoms with Crippen LogP contribution >= 0.6 is 0 Å². The molecule has 2 aromatic carbocycles. The number of aromatic carboxylic acids is 1. The first-order valence-electron chi connectivity index (χ1n) is 7.07. The predicted molar refractivity (Wildman–Crippen MR) is 86.3 cm³/mol. The van der Waals surface area contributed by atoms with Gasteiger partial charge in [0.15, 0.2) is 0 Å². The van der Waals surface area contributed by atoms with E-state index in [2.05, 4.69) is 0 Å². The van der Waals surface area contributed by atoms with Crippen molar-refractivity contribution in [2.45, 2.75) is 6.42 Å². The van der Waals surface area contributed by atoms with Crippen LogP contribution in [0.15, 0.2) is 54.7 Å². The zero-order valence-electron chi connectivity index (χ0n) is 12.4. The first-order chi connectivity index (χ1) is 11.5. The van der Waals surface area contributed by atoms with Crippen molar-refractivity contribution in [3.05, 3.63) is 76.0 Å². The van der Waals surface area contributed by atoms with Gasteiger partial charge < -0.3 is 5.11 Å². The third-order valence-electron chi connectivity index (χ3n) is 3.71. The van der Waals surface area contributed by atoms with Gasteiger partial charge in [-0.1, -0.05) is 30.3 Å². The molecule has 0 fully saturated rings. The number of fused-ring (bicyclic) bond motifs is 1. The molecular weight excluding hydrogens is 312 g/mol. The van der Waals surface area contributed by atoms with Gasteiger partial charge in [-0.25, -0.2) is 4.79 Å². The molecule has 0 amide bonds. The highest BCUT2D eigenvalue weighted by molar-refractivity contribution is 6.06. The SMILES string of the molecule is O=C(O)c1cn(C(=O)Cc2ccc([N+](=O)[O-])cc2)c2ccccc12. The highest BCUT2D eigenvalue weighted by atomic mass is 16.6. The lowest BCUT2D eigenvalue weighted by molar-refractivity contribution is -0.384. The van der Waals surface area contributed by atoms with Gasteiger partial charge in [-0.3, -0.25) is 19.5 Å². The maximum absolute atomic E-state index is 12.5. The smallest absolute Gasteiger partial charge is 0.337 e. The second kappa shape index (κ2) is 5.96. The molecule has 7 heteroatoms. The molecule has 1 aromatic heterocycles. The van der Waals surface area contributed by atoms with Crippen LogP contribution in [0.1, 0.15) is 20.7 Å². The first kappa shape index (κ1) is 15.4. The van der Waals surface area contributed by atoms with Crippen LogP contribution in [0.5, 0.6) is 0 Å². The van der Waals surface area contributed by atoms with E-state index in [-0.39, 0.29) is 23.6 Å². The number of hydrogen-bond acceptors (Lipinski definition) is 4. The zero-order valence-corrected chi connectivity index (χ0v) is 12.4. The van der Waals surface area contributed by atoms with Crippen LogP contribution < -0.4 is 0 Å². The summed E-state index contributed by atoms with van der Waals surface area (Å²) in [6, 6.07) is 12.4. The molecule has 0 radical (unpaired) electrons. The summed E-state index contributed by atoms with van der Waals surface area (Å²) in [5.41, 5.74) is 1.13. The topological polar surface area (TPSA) is 102 Å². The highest BCUT2D eigenvalue weighted by Crippen LogP contribution is 2.22. The minimum absolute atomic E-state index is 0.00965. The Hall–Kier alpha value is -3.48. The average Bonchev–Trinajstić information content (AvgIpc) is 2.95. The summed E-state index contributed by atoms with van der Waals surface area (Å²) in [6.45, 7) is 0. The molecule has 0 unspecified atom stereocenters. The van der Waals surface area contributed by atoms with Crippen LogP contribution in [-0.2, 0) is 6.42 Å². The van der Waals surface area contributed by atoms with E-state index >= 15 is 0 Å². The van der Waals surface area contributed by atoms with Gasteiger partial charge in [-0.15, -0.1) is 0 Å². The molecule has 0 aliphatic carbocycles. The van der Waals surface area contributed by atoms with Gasteiger partial charge in [0.05, 0.1) is 22.4 Å². The van der Waals surface area contributed by atoms with Crippen molar-refractivity contribution in [2.75, 3.05) is 0 Å². The fourth-order valence-corrected chi connectivity index (χ4v) is 2.55. The van der Waals surface area contributed by atoms with Crippen LogP contribution in [0.2, 0.25) is 0 Å². The lowest BCUT2D eigenvalue weighted by Crippen LogP contribution is -2.12. The number of rotatable bonds is 4. The fraction of sp³-hybridized carbons (Fsp3) is 0.0588. The van der Waals surface area contributed by atoms with Crippen molar-refractivity contribution in [3.8, 4) is 0 Å². The first-order valence-corrected chi connectivity index (χ1v) is 7.07. The van der Waals surface area contributed by atoms with E-state index in [9.17, 15) is 24.8 Å². The highest BCUT2D eigenvalue weighted by Gasteiger charge is 2.17. The number of carboxylic acid groups (broad SMARTS) is 1. The van der Waals surface area contributed by atoms with Crippen LogP contribution in [0.25, 0.3) is 10.9 Å². The Labute approximate surface area is 135 Å². The lowest BCUT2D eigenvalue weighted by Gasteiger charge is -2.04. The molecule has 0 saturated carbocycles. The molecule has 24 heavy (non-hydrogen) atoms. The summed E-state index contributed by atoms with van der Waals surface area (Å²) < 4.78 is 1.31. The van der Waals surface area contributed by atoms with Crippen LogP contribution in [-0.4, -0.2) is 26.5 Å². The Morgan fingerprint density at radius 1 is 1.08 bits per heavy atom. The second-order valence-electron chi connectivity index (χ2n) is 5.23. The van der Waals surface area contributed by atoms with Crippen LogP contribution in [0, 0.1) is 10.1 Å². The van der Waals surface area contributed by atoms with Gasteiger partial charge in [0, 0.05) is 23.7 Å². The quantitative estimate of drug-likeness (QED) is 0.586. The Balaban J connectivity index is 1.94. The van der Waals surface area contributed by atoms with Gasteiger partial charge in [0.2, 0.25) is 5.91 Å². The normalized spacial score (nSPS) is 10.7. The molecule has 1 heterocycles. The number of nitro groups is 1. The fourth-order valence-electron chi connectivity index (χ4n) is 2.55. The maximum atomic E-state index is 12.5. The van der Waals surface area contributed by atoms with E-state index in [1.807, 2.05) is 0 Å². The molecule has 0 aliphatic heterocycles. The number of carboxylic acids is 1. The van der Waals surface area contributed by atoms with Gasteiger partial charge in [0.1, 0.15) is 0 Å². The number of nitro benzene ring substituents is 1. The summed E-state index contributed by atoms with van der Waals surface area (Å²) in [6.07, 6.45) is 1.32. The van der Waals surface area contributed by atoms with Crippen molar-refractivity contribution < 1.29 is 19.6 Å². The number of nitrogens with zero attached hydrogens (tertiary/aromatic N) is 2. The van der Waals surface area contributed by atoms with Crippen molar-refractivity contribution in [2.24, 2.45) is 0 Å². The molecule has 1 N–H and O–H groups in total. The molecule has 3 rings (SSSR count). The van der Waals surface area contributed by atoms with Crippen LogP contribution in [0.3, 0.4) is 0 Å². The minimum atomic E-state index is -1.10. The molecule has 0 spiro atoms. The van der Waals surface area contributed by atoms with Crippen molar-refractivity contribution >= 4 is 28.5 Å². The minimum Gasteiger partial charge on any atom is -0.478 e. The molecule has 7 nitrogen and oxygen atoms in total. The summed E-state index contributed by atoms with van der Waals surface area (Å²) >= 11 is 0. The number of carbonyl (C=O) groups is 2. The van der Waals surface area contributed by atoms with Crippen molar-refractivity contribution in [3.63, 3.8) is 0 Å². The zero-order chi connectivity index (χ0) is 17.3. The second-order valence-corrected chi connectivity index (χ2v) is 5.23. The molecule has 0 atom stereocenters. The number of benzene rings is 2. The number of hydrogen-bond donors (Lipinski definition) is 1. The number of para-hydroxylation sites is 1. The standard InChI is InChI=1S/C17H12N2O5/c20-16(9-11-5-7-12(8-6-11)19(23)24)18-10-14(17(21)22)13-3-1-2-4-15(13)18/h1-8,10H,9H2,(H,21,22). The largest absolute Gasteiger partial charge is 0.478 e. The third kappa shape index (κ3) is 2.74. The molecule has 0 aliphatic rings. The molecule has 0 bridgehead atoms. The number of non-ortho nitro benzene ring substituents is 1. The Bertz CT molecular complexity index is 957. The van der Waals surface area contributed by atoms with Crippen molar-refractivity contribution in [1.29, 1.82) is 0 Å². The van der Waals surface area contributed by atoms with Crippen LogP contribution in [0.4, 0.5) is 5.69 Å². The van der Waals surface area contributed by atoms with Gasteiger partial charge in [-0.05, 0) is 11.6 Å². The summed E-state index contributed by atoms with van der Waals surface area (Å²) in [7, 11) is 0. The van der Waals surface area contributed by atoms with E-state index in [0.717, 1.165) is 0 Å². The average molecular weight is 324 g/mol. The Kier molecular flexibility index (Phi) is 3.83. The van der Waals surface area contributed by atoms with Gasteiger partial charge in [-0.2, -0.15) is 0 Å². The third-order valence-corrected chi connectivity index (χ3v) is 3.71. The predicted octanol–water partition coefficient (Wildman–Crippen LogP) is 3.13. The Morgan fingerprint density at radius 3 is 2.38 bits per heavy atom. The van der Waals surface area contributed by atoms with Gasteiger partial charge >= 0.3 is 5.97 Å². The summed E-state index contributed by atoms with van der Waals surface area (Å²) in [5.74, 6) is -1.42. The Morgan fingerprint density at radius 2 is 1.75 bits per heavy atom. The van der Waals surface area contributed by atoms with E-state index < -0.39 is 10.9 Å². The van der Waals surface area contributed by atoms with E-state index in [0.29, 0.717) is 16.5 Å². The summed E-state index contributed by atoms with van der Waals surface area (Å²) in [5, 5.41) is 20.4. The van der Waals surface area contributed by atoms with E-state index in [4.69, 9.17) is 0 Å². The molecule has 120 valence electrons.